The molecule has 3 atom stereocenters. The summed E-state index contributed by atoms with van der Waals surface area (Å²) in [5.74, 6) is -1.87. The number of nitrogens with zero attached hydrogens (tertiary/aromatic N) is 3. The summed E-state index contributed by atoms with van der Waals surface area (Å²) in [4.78, 5) is 29.9. The monoisotopic (exact) mass is 499 g/mol. The van der Waals surface area contributed by atoms with Crippen LogP contribution in [0.25, 0.3) is 0 Å². The molecule has 7 nitrogen and oxygen atoms in total. The Hall–Kier alpha value is -3.14. The predicted octanol–water partition coefficient (Wildman–Crippen LogP) is 3.74. The van der Waals surface area contributed by atoms with Gasteiger partial charge in [-0.1, -0.05) is 54.9 Å². The zero-order valence-electron chi connectivity index (χ0n) is 19.1. The van der Waals surface area contributed by atoms with Gasteiger partial charge in [-0.05, 0) is 37.0 Å². The highest BCUT2D eigenvalue weighted by Crippen LogP contribution is 2.38. The fourth-order valence-electron chi connectivity index (χ4n) is 5.09. The number of thioether (sulfide) groups is 1. The minimum absolute atomic E-state index is 0.00982. The molecule has 2 fully saturated rings. The molecule has 0 bridgehead atoms. The number of hydrogen-bond donors (Lipinski definition) is 2. The van der Waals surface area contributed by atoms with Gasteiger partial charge in [-0.2, -0.15) is 5.10 Å². The fourth-order valence-corrected chi connectivity index (χ4v) is 5.92. The molecule has 0 radical (unpaired) electrons. The van der Waals surface area contributed by atoms with Crippen molar-refractivity contribution in [3.63, 3.8) is 0 Å². The summed E-state index contributed by atoms with van der Waals surface area (Å²) in [6.45, 7) is 0.567. The van der Waals surface area contributed by atoms with E-state index >= 15 is 0 Å². The van der Waals surface area contributed by atoms with E-state index in [4.69, 9.17) is 0 Å². The number of benzene rings is 2. The summed E-state index contributed by atoms with van der Waals surface area (Å²) >= 11 is 1.25. The van der Waals surface area contributed by atoms with E-state index in [0.717, 1.165) is 49.8 Å². The molecule has 2 aromatic rings. The van der Waals surface area contributed by atoms with Crippen molar-refractivity contribution in [2.24, 2.45) is 11.0 Å². The zero-order valence-corrected chi connectivity index (χ0v) is 19.9. The first-order valence-electron chi connectivity index (χ1n) is 11.8. The Balaban J connectivity index is 1.27. The molecule has 2 heterocycles. The van der Waals surface area contributed by atoms with Gasteiger partial charge >= 0.3 is 0 Å². The normalized spacial score (nSPS) is 23.3. The quantitative estimate of drug-likeness (QED) is 0.633. The molecule has 35 heavy (non-hydrogen) atoms. The predicted molar refractivity (Wildman–Crippen MR) is 131 cm³/mol. The smallest absolute Gasteiger partial charge is 0.234 e. The Morgan fingerprint density at radius 2 is 1.94 bits per heavy atom. The first-order valence-corrected chi connectivity index (χ1v) is 12.8. The van der Waals surface area contributed by atoms with Crippen molar-refractivity contribution in [1.29, 1.82) is 0 Å². The molecule has 0 aromatic heterocycles. The number of hydrogen-bond acceptors (Lipinski definition) is 6. The maximum atomic E-state index is 13.9. The highest BCUT2D eigenvalue weighted by atomic mass is 32.2. The Morgan fingerprint density at radius 1 is 1.14 bits per heavy atom. The first kappa shape index (κ1) is 23.6. The van der Waals surface area contributed by atoms with Crippen LogP contribution in [0.5, 0.6) is 0 Å². The van der Waals surface area contributed by atoms with Crippen molar-refractivity contribution in [2.75, 3.05) is 17.6 Å². The van der Waals surface area contributed by atoms with Crippen LogP contribution >= 0.6 is 11.8 Å². The van der Waals surface area contributed by atoms with Gasteiger partial charge in [0.15, 0.2) is 11.5 Å². The van der Waals surface area contributed by atoms with Gasteiger partial charge in [0.05, 0.1) is 17.4 Å². The number of carbonyl (C=O) groups excluding carboxylic acids is 2. The van der Waals surface area contributed by atoms with Crippen molar-refractivity contribution < 1.29 is 18.4 Å². The summed E-state index contributed by atoms with van der Waals surface area (Å²) in [7, 11) is 0. The Bertz CT molecular complexity index is 1130. The number of anilines is 1. The van der Waals surface area contributed by atoms with E-state index in [1.807, 2.05) is 23.1 Å². The lowest BCUT2D eigenvalue weighted by atomic mass is 9.81. The number of nitrogens with one attached hydrogen (secondary N) is 2. The van der Waals surface area contributed by atoms with Gasteiger partial charge in [0, 0.05) is 18.7 Å². The topological polar surface area (TPSA) is 77.0 Å². The number of fused-ring (bicyclic) bond motifs is 3. The van der Waals surface area contributed by atoms with Crippen LogP contribution in [-0.4, -0.2) is 51.4 Å². The molecule has 3 unspecified atom stereocenters. The molecule has 2 N–H and O–H groups in total. The van der Waals surface area contributed by atoms with Crippen LogP contribution in [0.3, 0.4) is 0 Å². The van der Waals surface area contributed by atoms with Crippen molar-refractivity contribution in [1.82, 2.24) is 15.2 Å². The van der Waals surface area contributed by atoms with Crippen LogP contribution in [0.1, 0.15) is 31.2 Å². The van der Waals surface area contributed by atoms with Crippen LogP contribution < -0.4 is 10.7 Å². The van der Waals surface area contributed by atoms with Crippen molar-refractivity contribution in [2.45, 2.75) is 44.4 Å². The molecule has 2 aliphatic heterocycles. The van der Waals surface area contributed by atoms with Crippen LogP contribution in [0.4, 0.5) is 14.5 Å². The maximum Gasteiger partial charge on any atom is 0.234 e. The highest BCUT2D eigenvalue weighted by Gasteiger charge is 2.50. The van der Waals surface area contributed by atoms with Crippen molar-refractivity contribution >= 4 is 34.4 Å². The lowest BCUT2D eigenvalue weighted by molar-refractivity contribution is -0.155. The minimum Gasteiger partial charge on any atom is -0.323 e. The average Bonchev–Trinajstić information content (AvgIpc) is 3.29. The van der Waals surface area contributed by atoms with Crippen molar-refractivity contribution in [3.05, 3.63) is 65.7 Å². The molecule has 3 aliphatic rings. The van der Waals surface area contributed by atoms with E-state index in [1.54, 1.807) is 0 Å². The third-order valence-electron chi connectivity index (χ3n) is 6.76. The summed E-state index contributed by atoms with van der Waals surface area (Å²) in [5.41, 5.74) is 4.21. The van der Waals surface area contributed by atoms with Crippen LogP contribution in [0.2, 0.25) is 0 Å². The largest absolute Gasteiger partial charge is 0.323 e. The van der Waals surface area contributed by atoms with Crippen molar-refractivity contribution in [3.8, 4) is 0 Å². The van der Waals surface area contributed by atoms with Gasteiger partial charge in [-0.15, -0.1) is 0 Å². The maximum absolute atomic E-state index is 13.9. The molecule has 1 saturated carbocycles. The molecule has 0 spiro atoms. The molecule has 1 aliphatic carbocycles. The molecule has 2 amide bonds. The van der Waals surface area contributed by atoms with Gasteiger partial charge < -0.3 is 15.1 Å². The first-order chi connectivity index (χ1) is 17.0. The van der Waals surface area contributed by atoms with E-state index < -0.39 is 17.5 Å². The third kappa shape index (κ3) is 4.98. The summed E-state index contributed by atoms with van der Waals surface area (Å²) in [6, 6.07) is 13.1. The van der Waals surface area contributed by atoms with E-state index in [0.29, 0.717) is 11.7 Å². The van der Waals surface area contributed by atoms with Gasteiger partial charge in [0.25, 0.3) is 0 Å². The number of carbonyl (C=O) groups is 2. The van der Waals surface area contributed by atoms with E-state index in [1.165, 1.54) is 17.8 Å². The Kier molecular flexibility index (Phi) is 6.90. The van der Waals surface area contributed by atoms with Crippen LogP contribution in [0.15, 0.2) is 53.6 Å². The summed E-state index contributed by atoms with van der Waals surface area (Å²) < 4.78 is 27.0. The Morgan fingerprint density at radius 3 is 2.74 bits per heavy atom. The number of rotatable bonds is 6. The fraction of sp³-hybridized carbons (Fsp3) is 0.400. The van der Waals surface area contributed by atoms with E-state index in [9.17, 15) is 18.4 Å². The van der Waals surface area contributed by atoms with E-state index in [-0.39, 0.29) is 35.6 Å². The van der Waals surface area contributed by atoms with Crippen LogP contribution in [0, 0.1) is 17.6 Å². The highest BCUT2D eigenvalue weighted by molar-refractivity contribution is 8.14. The average molecular weight is 500 g/mol. The third-order valence-corrected chi connectivity index (χ3v) is 7.73. The molecule has 5 rings (SSSR count). The number of amides is 2. The molecule has 1 saturated heterocycles. The summed E-state index contributed by atoms with van der Waals surface area (Å²) in [6.07, 6.45) is 4.17. The van der Waals surface area contributed by atoms with Gasteiger partial charge in [0.2, 0.25) is 11.8 Å². The number of hydrazone groups is 1. The lowest BCUT2D eigenvalue weighted by Gasteiger charge is -2.50. The zero-order chi connectivity index (χ0) is 24.4. The minimum atomic E-state index is -0.822. The molecular weight excluding hydrogens is 472 g/mol. The SMILES string of the molecule is O=C(CSC1=NNC2N(CCc3ccccc3)C(=O)C3CCCCC3N12)Nc1ccc(F)cc1F. The van der Waals surface area contributed by atoms with Crippen LogP contribution in [-0.2, 0) is 16.0 Å². The lowest BCUT2D eigenvalue weighted by Crippen LogP contribution is -2.67. The standard InChI is InChI=1S/C25H27F2N5O2S/c26-17-10-11-20(19(27)14-17)28-22(33)15-35-25-30-29-24-31(13-12-16-6-2-1-3-7-16)23(34)18-8-4-5-9-21(18)32(24)25/h1-3,6-7,10-11,14,18,21,24,29H,4-5,8-9,12-13,15H2,(H,28,33). The second kappa shape index (κ2) is 10.2. The van der Waals surface area contributed by atoms with Gasteiger partial charge in [-0.3, -0.25) is 15.0 Å². The molecule has 184 valence electrons. The number of halogens is 2. The van der Waals surface area contributed by atoms with Gasteiger partial charge in [-0.25, -0.2) is 8.78 Å². The summed E-state index contributed by atoms with van der Waals surface area (Å²) in [5, 5.41) is 7.61. The second-order valence-electron chi connectivity index (χ2n) is 8.99. The number of amidine groups is 1. The molecule has 2 aromatic carbocycles. The second-order valence-corrected chi connectivity index (χ2v) is 9.93. The van der Waals surface area contributed by atoms with Gasteiger partial charge in [0.1, 0.15) is 11.6 Å². The van der Waals surface area contributed by atoms with E-state index in [2.05, 4.69) is 32.9 Å². The molecule has 10 heteroatoms. The molecular formula is C25H27F2N5O2S. The Labute approximate surface area is 206 Å².